The van der Waals surface area contributed by atoms with E-state index < -0.39 is 12.5 Å². The van der Waals surface area contributed by atoms with E-state index in [1.54, 1.807) is 6.07 Å². The van der Waals surface area contributed by atoms with Crippen molar-refractivity contribution in [3.63, 3.8) is 0 Å². The summed E-state index contributed by atoms with van der Waals surface area (Å²) in [5, 5.41) is 5.04. The van der Waals surface area contributed by atoms with Gasteiger partial charge in [-0.2, -0.15) is 8.78 Å². The Morgan fingerprint density at radius 2 is 1.96 bits per heavy atom. The number of para-hydroxylation sites is 1. The number of hydrogen-bond donors (Lipinski definition) is 1. The predicted octanol–water partition coefficient (Wildman–Crippen LogP) is 4.37. The Hall–Kier alpha value is -2.06. The predicted molar refractivity (Wildman–Crippen MR) is 96.9 cm³/mol. The number of halogens is 2. The summed E-state index contributed by atoms with van der Waals surface area (Å²) >= 11 is 1.33. The highest BCUT2D eigenvalue weighted by atomic mass is 32.1. The maximum Gasteiger partial charge on any atom is 0.387 e. The molecule has 0 radical (unpaired) electrons. The lowest BCUT2D eigenvalue weighted by atomic mass is 10.2. The van der Waals surface area contributed by atoms with Crippen molar-refractivity contribution >= 4 is 22.4 Å². The van der Waals surface area contributed by atoms with E-state index in [9.17, 15) is 13.6 Å². The fourth-order valence-electron chi connectivity index (χ4n) is 2.98. The van der Waals surface area contributed by atoms with E-state index >= 15 is 0 Å². The molecule has 0 spiro atoms. The summed E-state index contributed by atoms with van der Waals surface area (Å²) in [6.07, 6.45) is 4.95. The molecule has 3 rings (SSSR count). The quantitative estimate of drug-likeness (QED) is 0.807. The van der Waals surface area contributed by atoms with Crippen molar-refractivity contribution in [3.8, 4) is 5.75 Å². The zero-order valence-electron chi connectivity index (χ0n) is 14.3. The highest BCUT2D eigenvalue weighted by molar-refractivity contribution is 7.14. The van der Waals surface area contributed by atoms with Gasteiger partial charge in [0.05, 0.1) is 11.3 Å². The zero-order chi connectivity index (χ0) is 18.4. The Kier molecular flexibility index (Phi) is 6.51. The summed E-state index contributed by atoms with van der Waals surface area (Å²) in [5.74, 6) is -0.668. The third-order valence-electron chi connectivity index (χ3n) is 4.20. The number of likely N-dealkylation sites (tertiary alicyclic amines) is 1. The molecule has 1 aliphatic rings. The molecule has 1 aromatic heterocycles. The van der Waals surface area contributed by atoms with Crippen LogP contribution in [0.3, 0.4) is 0 Å². The fourth-order valence-corrected chi connectivity index (χ4v) is 3.67. The minimum absolute atomic E-state index is 0.0528. The Morgan fingerprint density at radius 3 is 2.69 bits per heavy atom. The van der Waals surface area contributed by atoms with E-state index in [2.05, 4.69) is 19.9 Å². The van der Waals surface area contributed by atoms with Gasteiger partial charge in [-0.1, -0.05) is 25.0 Å². The molecule has 1 aliphatic heterocycles. The van der Waals surface area contributed by atoms with Gasteiger partial charge in [-0.25, -0.2) is 4.98 Å². The van der Waals surface area contributed by atoms with Crippen molar-refractivity contribution in [3.05, 3.63) is 40.9 Å². The van der Waals surface area contributed by atoms with E-state index in [4.69, 9.17) is 0 Å². The van der Waals surface area contributed by atoms with Crippen molar-refractivity contribution in [2.45, 2.75) is 38.8 Å². The van der Waals surface area contributed by atoms with Crippen LogP contribution in [0.4, 0.5) is 13.9 Å². The lowest BCUT2D eigenvalue weighted by Gasteiger charge is -2.17. The van der Waals surface area contributed by atoms with Gasteiger partial charge in [-0.05, 0) is 38.1 Å². The topological polar surface area (TPSA) is 54.5 Å². The van der Waals surface area contributed by atoms with Crippen LogP contribution in [0.15, 0.2) is 29.6 Å². The molecule has 0 aliphatic carbocycles. The van der Waals surface area contributed by atoms with E-state index in [1.807, 2.05) is 5.38 Å². The maximum atomic E-state index is 12.5. The SMILES string of the molecule is O=C(Nc1nc(CN2CCCCCC2)cs1)c1ccccc1OC(F)F. The maximum absolute atomic E-state index is 12.5. The monoisotopic (exact) mass is 381 g/mol. The number of thiazole rings is 1. The first-order chi connectivity index (χ1) is 12.6. The van der Waals surface area contributed by atoms with Crippen LogP contribution in [-0.2, 0) is 6.54 Å². The average molecular weight is 381 g/mol. The number of alkyl halides is 2. The van der Waals surface area contributed by atoms with Crippen molar-refractivity contribution in [2.75, 3.05) is 18.4 Å². The van der Waals surface area contributed by atoms with Gasteiger partial charge in [-0.3, -0.25) is 15.0 Å². The molecule has 2 heterocycles. The van der Waals surface area contributed by atoms with Gasteiger partial charge in [0.15, 0.2) is 5.13 Å². The van der Waals surface area contributed by atoms with Crippen LogP contribution >= 0.6 is 11.3 Å². The summed E-state index contributed by atoms with van der Waals surface area (Å²) in [4.78, 5) is 19.2. The summed E-state index contributed by atoms with van der Waals surface area (Å²) in [7, 11) is 0. The number of benzene rings is 1. The van der Waals surface area contributed by atoms with Crippen LogP contribution in [0.2, 0.25) is 0 Å². The summed E-state index contributed by atoms with van der Waals surface area (Å²) < 4.78 is 29.4. The molecule has 1 saturated heterocycles. The van der Waals surface area contributed by atoms with E-state index in [0.717, 1.165) is 25.3 Å². The number of nitrogens with one attached hydrogen (secondary N) is 1. The molecule has 26 heavy (non-hydrogen) atoms. The highest BCUT2D eigenvalue weighted by Gasteiger charge is 2.17. The largest absolute Gasteiger partial charge is 0.434 e. The fraction of sp³-hybridized carbons (Fsp3) is 0.444. The molecule has 2 aromatic rings. The molecular weight excluding hydrogens is 360 g/mol. The first-order valence-corrected chi connectivity index (χ1v) is 9.52. The van der Waals surface area contributed by atoms with E-state index in [-0.39, 0.29) is 11.3 Å². The molecular formula is C18H21F2N3O2S. The molecule has 140 valence electrons. The number of rotatable bonds is 6. The minimum atomic E-state index is -2.98. The first kappa shape index (κ1) is 18.7. The lowest BCUT2D eigenvalue weighted by molar-refractivity contribution is -0.0501. The van der Waals surface area contributed by atoms with Gasteiger partial charge >= 0.3 is 6.61 Å². The van der Waals surface area contributed by atoms with Crippen molar-refractivity contribution in [2.24, 2.45) is 0 Å². The third-order valence-corrected chi connectivity index (χ3v) is 5.01. The van der Waals surface area contributed by atoms with Crippen LogP contribution in [0.25, 0.3) is 0 Å². The molecule has 0 bridgehead atoms. The van der Waals surface area contributed by atoms with Crippen molar-refractivity contribution in [1.29, 1.82) is 0 Å². The molecule has 8 heteroatoms. The number of hydrogen-bond acceptors (Lipinski definition) is 5. The van der Waals surface area contributed by atoms with Crippen LogP contribution in [-0.4, -0.2) is 35.5 Å². The third kappa shape index (κ3) is 5.22. The van der Waals surface area contributed by atoms with Gasteiger partial charge in [0.25, 0.3) is 5.91 Å². The van der Waals surface area contributed by atoms with Gasteiger partial charge in [-0.15, -0.1) is 11.3 Å². The molecule has 1 amide bonds. The molecule has 0 atom stereocenters. The number of aromatic nitrogens is 1. The molecule has 0 unspecified atom stereocenters. The zero-order valence-corrected chi connectivity index (χ0v) is 15.1. The molecule has 1 N–H and O–H groups in total. The first-order valence-electron chi connectivity index (χ1n) is 8.64. The number of amides is 1. The second-order valence-electron chi connectivity index (χ2n) is 6.16. The Bertz CT molecular complexity index is 731. The Labute approximate surface area is 155 Å². The second-order valence-corrected chi connectivity index (χ2v) is 7.02. The van der Waals surface area contributed by atoms with Gasteiger partial charge < -0.3 is 4.74 Å². The Morgan fingerprint density at radius 1 is 1.23 bits per heavy atom. The number of anilines is 1. The van der Waals surface area contributed by atoms with Crippen molar-refractivity contribution < 1.29 is 18.3 Å². The smallest absolute Gasteiger partial charge is 0.387 e. The summed E-state index contributed by atoms with van der Waals surface area (Å²) in [5.41, 5.74) is 0.960. The normalized spacial score (nSPS) is 15.7. The number of carbonyl (C=O) groups excluding carboxylic acids is 1. The van der Waals surface area contributed by atoms with Gasteiger partial charge in [0.1, 0.15) is 5.75 Å². The molecule has 0 saturated carbocycles. The van der Waals surface area contributed by atoms with Gasteiger partial charge in [0, 0.05) is 11.9 Å². The standard InChI is InChI=1S/C18H21F2N3O2S/c19-17(20)25-15-8-4-3-7-14(15)16(24)22-18-21-13(12-26-18)11-23-9-5-1-2-6-10-23/h3-4,7-8,12,17H,1-2,5-6,9-11H2,(H,21,22,24). The second kappa shape index (κ2) is 9.05. The minimum Gasteiger partial charge on any atom is -0.434 e. The lowest BCUT2D eigenvalue weighted by Crippen LogP contribution is -2.24. The number of carbonyl (C=O) groups is 1. The number of nitrogens with zero attached hydrogens (tertiary/aromatic N) is 2. The van der Waals surface area contributed by atoms with Crippen LogP contribution in [0.5, 0.6) is 5.75 Å². The highest BCUT2D eigenvalue weighted by Crippen LogP contribution is 2.23. The number of ether oxygens (including phenoxy) is 1. The molecule has 5 nitrogen and oxygen atoms in total. The summed E-state index contributed by atoms with van der Waals surface area (Å²) in [6, 6.07) is 5.92. The average Bonchev–Trinajstić information content (AvgIpc) is 2.88. The summed E-state index contributed by atoms with van der Waals surface area (Å²) in [6.45, 7) is -0.0870. The van der Waals surface area contributed by atoms with E-state index in [1.165, 1.54) is 55.2 Å². The van der Waals surface area contributed by atoms with E-state index in [0.29, 0.717) is 5.13 Å². The molecule has 1 aromatic carbocycles. The molecule has 1 fully saturated rings. The van der Waals surface area contributed by atoms with Crippen LogP contribution < -0.4 is 10.1 Å². The van der Waals surface area contributed by atoms with Crippen molar-refractivity contribution in [1.82, 2.24) is 9.88 Å². The van der Waals surface area contributed by atoms with Crippen LogP contribution in [0, 0.1) is 0 Å². The van der Waals surface area contributed by atoms with Gasteiger partial charge in [0.2, 0.25) is 0 Å². The Balaban J connectivity index is 1.63. The van der Waals surface area contributed by atoms with Crippen LogP contribution in [0.1, 0.15) is 41.7 Å².